The van der Waals surface area contributed by atoms with Gasteiger partial charge in [0.05, 0.1) is 24.7 Å². The van der Waals surface area contributed by atoms with Crippen molar-refractivity contribution in [3.05, 3.63) is 11.1 Å². The van der Waals surface area contributed by atoms with Gasteiger partial charge in [0.1, 0.15) is 0 Å². The maximum Gasteiger partial charge on any atom is 0.334 e. The van der Waals surface area contributed by atoms with E-state index in [-0.39, 0.29) is 17.9 Å². The summed E-state index contributed by atoms with van der Waals surface area (Å²) in [6.07, 6.45) is 9.54. The van der Waals surface area contributed by atoms with Gasteiger partial charge >= 0.3 is 11.9 Å². The largest absolute Gasteiger partial charge is 0.465 e. The molecule has 0 heterocycles. The van der Waals surface area contributed by atoms with Crippen LogP contribution in [0.5, 0.6) is 0 Å². The fraction of sp³-hybridized carbons (Fsp3) is 0.826. The van der Waals surface area contributed by atoms with Gasteiger partial charge < -0.3 is 9.47 Å². The lowest BCUT2D eigenvalue weighted by Crippen LogP contribution is -2.30. The van der Waals surface area contributed by atoms with Crippen molar-refractivity contribution in [1.82, 2.24) is 0 Å². The monoisotopic (exact) mass is 378 g/mol. The number of hydrogen-bond donors (Lipinski definition) is 0. The predicted molar refractivity (Wildman–Crippen MR) is 107 cm³/mol. The molecule has 0 radical (unpaired) electrons. The molecule has 4 unspecified atom stereocenters. The summed E-state index contributed by atoms with van der Waals surface area (Å²) in [5.74, 6) is 0.0718. The zero-order valence-corrected chi connectivity index (χ0v) is 17.7. The number of unbranched alkanes of at least 4 members (excludes halogenated alkanes) is 2. The summed E-state index contributed by atoms with van der Waals surface area (Å²) in [6.45, 7) is 9.46. The quantitative estimate of drug-likeness (QED) is 0.424. The van der Waals surface area contributed by atoms with E-state index >= 15 is 0 Å². The third-order valence-electron chi connectivity index (χ3n) is 6.07. The van der Waals surface area contributed by atoms with Crippen molar-refractivity contribution in [3.63, 3.8) is 0 Å². The summed E-state index contributed by atoms with van der Waals surface area (Å²) >= 11 is 0. The van der Waals surface area contributed by atoms with Gasteiger partial charge in [0.15, 0.2) is 0 Å². The van der Waals surface area contributed by atoms with Gasteiger partial charge in [0, 0.05) is 0 Å². The molecule has 4 nitrogen and oxygen atoms in total. The Morgan fingerprint density at radius 2 is 1.59 bits per heavy atom. The molecule has 1 fully saturated rings. The second-order valence-electron chi connectivity index (χ2n) is 8.72. The number of carbonyl (C=O) groups excluding carboxylic acids is 2. The molecule has 0 aromatic heterocycles. The van der Waals surface area contributed by atoms with Crippen molar-refractivity contribution in [1.29, 1.82) is 0 Å². The Hall–Kier alpha value is -1.32. The van der Waals surface area contributed by atoms with E-state index in [4.69, 9.17) is 9.47 Å². The Labute approximate surface area is 165 Å². The molecule has 0 saturated heterocycles. The maximum atomic E-state index is 12.7. The Morgan fingerprint density at radius 1 is 1.00 bits per heavy atom. The van der Waals surface area contributed by atoms with E-state index in [1.54, 1.807) is 0 Å². The second kappa shape index (κ2) is 10.9. The molecule has 0 aromatic rings. The van der Waals surface area contributed by atoms with E-state index in [1.165, 1.54) is 0 Å². The molecule has 0 N–H and O–H groups in total. The molecule has 0 aromatic carbocycles. The molecule has 0 aliphatic heterocycles. The van der Waals surface area contributed by atoms with Crippen molar-refractivity contribution in [2.75, 3.05) is 13.2 Å². The Balaban J connectivity index is 1.90. The zero-order chi connectivity index (χ0) is 19.8. The standard InChI is InChI=1S/C23H38O4/c1-5-7-9-16(3)14-26-22(24)20-18-11-12-19(13-18)21(20)23(25)27-15-17(4)10-8-6-2/h16-18,20H,5-15H2,1-4H3. The lowest BCUT2D eigenvalue weighted by atomic mass is 9.86. The lowest BCUT2D eigenvalue weighted by Gasteiger charge is -2.23. The van der Waals surface area contributed by atoms with E-state index in [2.05, 4.69) is 27.7 Å². The minimum absolute atomic E-state index is 0.218. The lowest BCUT2D eigenvalue weighted by molar-refractivity contribution is -0.153. The van der Waals surface area contributed by atoms with Crippen LogP contribution in [0.25, 0.3) is 0 Å². The third kappa shape index (κ3) is 6.08. The fourth-order valence-corrected chi connectivity index (χ4v) is 4.33. The topological polar surface area (TPSA) is 52.6 Å². The summed E-state index contributed by atoms with van der Waals surface area (Å²) in [5, 5.41) is 0. The Morgan fingerprint density at radius 3 is 2.19 bits per heavy atom. The van der Waals surface area contributed by atoms with Crippen LogP contribution in [-0.2, 0) is 19.1 Å². The molecule has 4 heteroatoms. The number of hydrogen-bond acceptors (Lipinski definition) is 4. The van der Waals surface area contributed by atoms with E-state index in [9.17, 15) is 9.59 Å². The summed E-state index contributed by atoms with van der Waals surface area (Å²) in [5.41, 5.74) is 1.76. The molecule has 2 aliphatic rings. The van der Waals surface area contributed by atoms with Gasteiger partial charge in [-0.2, -0.15) is 0 Å². The number of esters is 2. The van der Waals surface area contributed by atoms with Gasteiger partial charge in [-0.15, -0.1) is 0 Å². The van der Waals surface area contributed by atoms with Gasteiger partial charge in [0.25, 0.3) is 0 Å². The smallest absolute Gasteiger partial charge is 0.334 e. The molecule has 2 bridgehead atoms. The van der Waals surface area contributed by atoms with Crippen LogP contribution in [0, 0.1) is 23.7 Å². The van der Waals surface area contributed by atoms with Crippen LogP contribution in [0.15, 0.2) is 11.1 Å². The molecular formula is C23H38O4. The molecule has 0 amide bonds. The summed E-state index contributed by atoms with van der Waals surface area (Å²) in [4.78, 5) is 25.5. The van der Waals surface area contributed by atoms with Gasteiger partial charge in [0.2, 0.25) is 0 Å². The summed E-state index contributed by atoms with van der Waals surface area (Å²) in [6, 6.07) is 0. The predicted octanol–water partition coefficient (Wildman–Crippen LogP) is 5.45. The number of ether oxygens (including phenoxy) is 2. The normalized spacial score (nSPS) is 23.4. The molecule has 2 rings (SSSR count). The number of rotatable bonds is 12. The first-order valence-corrected chi connectivity index (χ1v) is 11.0. The average Bonchev–Trinajstić information content (AvgIpc) is 3.28. The SMILES string of the molecule is CCCCC(C)COC(=O)C1=C2CCC(C2)C1C(=O)OCC(C)CCCC. The van der Waals surface area contributed by atoms with Crippen LogP contribution in [0.3, 0.4) is 0 Å². The molecule has 0 spiro atoms. The van der Waals surface area contributed by atoms with Crippen molar-refractivity contribution < 1.29 is 19.1 Å². The van der Waals surface area contributed by atoms with Crippen LogP contribution in [0.1, 0.15) is 85.5 Å². The van der Waals surface area contributed by atoms with Gasteiger partial charge in [-0.25, -0.2) is 4.79 Å². The Bertz CT molecular complexity index is 536. The van der Waals surface area contributed by atoms with Crippen LogP contribution in [-0.4, -0.2) is 25.2 Å². The minimum Gasteiger partial charge on any atom is -0.465 e. The van der Waals surface area contributed by atoms with Crippen molar-refractivity contribution in [2.45, 2.75) is 85.5 Å². The van der Waals surface area contributed by atoms with Crippen LogP contribution >= 0.6 is 0 Å². The summed E-state index contributed by atoms with van der Waals surface area (Å²) in [7, 11) is 0. The molecular weight excluding hydrogens is 340 g/mol. The van der Waals surface area contributed by atoms with E-state index in [1.807, 2.05) is 0 Å². The van der Waals surface area contributed by atoms with E-state index in [0.717, 1.165) is 63.4 Å². The highest BCUT2D eigenvalue weighted by Crippen LogP contribution is 2.49. The summed E-state index contributed by atoms with van der Waals surface area (Å²) < 4.78 is 11.2. The zero-order valence-electron chi connectivity index (χ0n) is 17.7. The first-order valence-electron chi connectivity index (χ1n) is 11.0. The number of allylic oxidation sites excluding steroid dienone is 1. The first kappa shape index (κ1) is 22.0. The third-order valence-corrected chi connectivity index (χ3v) is 6.07. The van der Waals surface area contributed by atoms with Crippen LogP contribution in [0.2, 0.25) is 0 Å². The van der Waals surface area contributed by atoms with Crippen LogP contribution < -0.4 is 0 Å². The van der Waals surface area contributed by atoms with Gasteiger partial charge in [-0.05, 0) is 49.9 Å². The molecule has 4 atom stereocenters. The molecule has 154 valence electrons. The second-order valence-corrected chi connectivity index (χ2v) is 8.72. The van der Waals surface area contributed by atoms with Crippen LogP contribution in [0.4, 0.5) is 0 Å². The first-order chi connectivity index (χ1) is 13.0. The van der Waals surface area contributed by atoms with E-state index in [0.29, 0.717) is 30.6 Å². The number of fused-ring (bicyclic) bond motifs is 2. The van der Waals surface area contributed by atoms with Crippen molar-refractivity contribution in [2.24, 2.45) is 23.7 Å². The number of carbonyl (C=O) groups is 2. The minimum atomic E-state index is -0.398. The van der Waals surface area contributed by atoms with E-state index < -0.39 is 5.92 Å². The fourth-order valence-electron chi connectivity index (χ4n) is 4.33. The highest BCUT2D eigenvalue weighted by Gasteiger charge is 2.47. The van der Waals surface area contributed by atoms with Gasteiger partial charge in [-0.1, -0.05) is 59.0 Å². The molecule has 2 aliphatic carbocycles. The highest BCUT2D eigenvalue weighted by atomic mass is 16.5. The molecule has 1 saturated carbocycles. The Kier molecular flexibility index (Phi) is 8.85. The van der Waals surface area contributed by atoms with Crippen molar-refractivity contribution in [3.8, 4) is 0 Å². The van der Waals surface area contributed by atoms with Crippen molar-refractivity contribution >= 4 is 11.9 Å². The maximum absolute atomic E-state index is 12.7. The van der Waals surface area contributed by atoms with Gasteiger partial charge in [-0.3, -0.25) is 4.79 Å². The molecule has 27 heavy (non-hydrogen) atoms. The average molecular weight is 379 g/mol. The highest BCUT2D eigenvalue weighted by molar-refractivity contribution is 5.98.